The van der Waals surface area contributed by atoms with E-state index in [0.29, 0.717) is 19.4 Å². The van der Waals surface area contributed by atoms with Crippen molar-refractivity contribution in [3.05, 3.63) is 0 Å². The highest BCUT2D eigenvalue weighted by atomic mass is 16.6. The maximum atomic E-state index is 12.0. The zero-order valence-electron chi connectivity index (χ0n) is 12.9. The Morgan fingerprint density at radius 2 is 1.84 bits per heavy atom. The number of likely N-dealkylation sites (N-methyl/N-ethyl adjacent to an activating group) is 1. The molecule has 0 spiro atoms. The van der Waals surface area contributed by atoms with E-state index in [9.17, 15) is 9.59 Å². The van der Waals surface area contributed by atoms with E-state index in [2.05, 4.69) is 0 Å². The van der Waals surface area contributed by atoms with Crippen molar-refractivity contribution < 1.29 is 19.4 Å². The zero-order valence-corrected chi connectivity index (χ0v) is 12.9. The van der Waals surface area contributed by atoms with E-state index in [1.807, 2.05) is 39.8 Å². The smallest absolute Gasteiger partial charge is 0.309 e. The fraction of sp³-hybridized carbons (Fsp3) is 0.857. The lowest BCUT2D eigenvalue weighted by molar-refractivity contribution is -0.163. The summed E-state index contributed by atoms with van der Waals surface area (Å²) in [6, 6.07) is 0. The van der Waals surface area contributed by atoms with Gasteiger partial charge in [0.1, 0.15) is 5.60 Å². The Hall–Kier alpha value is -1.10. The molecule has 0 saturated heterocycles. The van der Waals surface area contributed by atoms with Crippen molar-refractivity contribution in [3.63, 3.8) is 0 Å². The maximum Gasteiger partial charge on any atom is 0.309 e. The van der Waals surface area contributed by atoms with Crippen molar-refractivity contribution in [2.45, 2.75) is 46.1 Å². The molecule has 0 aliphatic heterocycles. The number of ether oxygens (including phenoxy) is 1. The second kappa shape index (κ2) is 7.48. The highest BCUT2D eigenvalue weighted by molar-refractivity contribution is 5.75. The van der Waals surface area contributed by atoms with Crippen LogP contribution >= 0.6 is 0 Å². The van der Waals surface area contributed by atoms with Crippen molar-refractivity contribution in [2.24, 2.45) is 11.8 Å². The first-order valence-corrected chi connectivity index (χ1v) is 6.69. The quantitative estimate of drug-likeness (QED) is 0.685. The topological polar surface area (TPSA) is 66.8 Å². The largest absolute Gasteiger partial charge is 0.481 e. The summed E-state index contributed by atoms with van der Waals surface area (Å²) >= 11 is 0. The van der Waals surface area contributed by atoms with Gasteiger partial charge in [-0.05, 0) is 40.8 Å². The average molecular weight is 273 g/mol. The fourth-order valence-corrected chi connectivity index (χ4v) is 2.13. The van der Waals surface area contributed by atoms with Crippen LogP contribution in [0.5, 0.6) is 0 Å². The number of hydrogen-bond acceptors (Lipinski definition) is 4. The van der Waals surface area contributed by atoms with Gasteiger partial charge in [-0.3, -0.25) is 9.59 Å². The third kappa shape index (κ3) is 7.15. The summed E-state index contributed by atoms with van der Waals surface area (Å²) in [7, 11) is 3.83. The molecule has 0 saturated carbocycles. The van der Waals surface area contributed by atoms with Crippen molar-refractivity contribution in [1.29, 1.82) is 0 Å². The van der Waals surface area contributed by atoms with Gasteiger partial charge in [0, 0.05) is 6.54 Å². The summed E-state index contributed by atoms with van der Waals surface area (Å²) in [4.78, 5) is 24.9. The minimum Gasteiger partial charge on any atom is -0.481 e. The van der Waals surface area contributed by atoms with Gasteiger partial charge < -0.3 is 14.7 Å². The average Bonchev–Trinajstić information content (AvgIpc) is 2.21. The molecule has 0 amide bonds. The van der Waals surface area contributed by atoms with Gasteiger partial charge >= 0.3 is 11.9 Å². The number of carbonyl (C=O) groups excluding carboxylic acids is 1. The van der Waals surface area contributed by atoms with E-state index in [-0.39, 0.29) is 5.97 Å². The molecule has 19 heavy (non-hydrogen) atoms. The third-order valence-corrected chi connectivity index (χ3v) is 2.96. The molecule has 5 heteroatoms. The molecule has 0 bridgehead atoms. The maximum absolute atomic E-state index is 12.0. The molecule has 0 radical (unpaired) electrons. The molecule has 0 aromatic heterocycles. The molecule has 0 aliphatic rings. The van der Waals surface area contributed by atoms with Gasteiger partial charge in [-0.25, -0.2) is 0 Å². The van der Waals surface area contributed by atoms with E-state index in [1.165, 1.54) is 0 Å². The number of esters is 1. The molecular weight excluding hydrogens is 246 g/mol. The zero-order chi connectivity index (χ0) is 15.2. The van der Waals surface area contributed by atoms with Crippen LogP contribution in [0, 0.1) is 11.8 Å². The molecule has 0 rings (SSSR count). The molecular formula is C14H27NO4. The van der Waals surface area contributed by atoms with Gasteiger partial charge in [0.25, 0.3) is 0 Å². The molecule has 112 valence electrons. The van der Waals surface area contributed by atoms with Crippen LogP contribution in [0.25, 0.3) is 0 Å². The minimum absolute atomic E-state index is 0.322. The van der Waals surface area contributed by atoms with Crippen LogP contribution < -0.4 is 0 Å². The van der Waals surface area contributed by atoms with E-state index in [1.54, 1.807) is 6.92 Å². The van der Waals surface area contributed by atoms with Crippen molar-refractivity contribution in [1.82, 2.24) is 4.90 Å². The Kier molecular flexibility index (Phi) is 7.05. The van der Waals surface area contributed by atoms with Crippen LogP contribution in [0.15, 0.2) is 0 Å². The Bertz CT molecular complexity index is 313. The predicted octanol–water partition coefficient (Wildman–Crippen LogP) is 2.01. The summed E-state index contributed by atoms with van der Waals surface area (Å²) in [5, 5.41) is 9.00. The lowest BCUT2D eigenvalue weighted by atomic mass is 9.93. The molecule has 0 aromatic rings. The van der Waals surface area contributed by atoms with Crippen LogP contribution in [0.1, 0.15) is 40.5 Å². The van der Waals surface area contributed by atoms with Crippen LogP contribution in [-0.2, 0) is 14.3 Å². The minimum atomic E-state index is -0.852. The highest BCUT2D eigenvalue weighted by Gasteiger charge is 2.29. The van der Waals surface area contributed by atoms with Crippen LogP contribution in [0.3, 0.4) is 0 Å². The van der Waals surface area contributed by atoms with Gasteiger partial charge in [-0.1, -0.05) is 13.8 Å². The summed E-state index contributed by atoms with van der Waals surface area (Å²) in [5.41, 5.74) is -0.570. The predicted molar refractivity (Wildman–Crippen MR) is 73.9 cm³/mol. The van der Waals surface area contributed by atoms with Gasteiger partial charge in [-0.15, -0.1) is 0 Å². The second-order valence-electron chi connectivity index (χ2n) is 6.00. The Morgan fingerprint density at radius 3 is 2.21 bits per heavy atom. The number of nitrogens with zero attached hydrogens (tertiary/aromatic N) is 1. The van der Waals surface area contributed by atoms with E-state index in [4.69, 9.17) is 9.84 Å². The number of aliphatic carboxylic acids is 1. The summed E-state index contributed by atoms with van der Waals surface area (Å²) in [6.45, 7) is 7.87. The molecule has 2 unspecified atom stereocenters. The van der Waals surface area contributed by atoms with Crippen molar-refractivity contribution in [3.8, 4) is 0 Å². The first-order valence-electron chi connectivity index (χ1n) is 6.69. The van der Waals surface area contributed by atoms with Gasteiger partial charge in [0.15, 0.2) is 0 Å². The lowest BCUT2D eigenvalue weighted by Crippen LogP contribution is -2.40. The summed E-state index contributed by atoms with van der Waals surface area (Å²) < 4.78 is 5.46. The van der Waals surface area contributed by atoms with E-state index in [0.717, 1.165) is 0 Å². The number of hydrogen-bond donors (Lipinski definition) is 1. The first kappa shape index (κ1) is 17.9. The molecule has 5 nitrogen and oxygen atoms in total. The third-order valence-electron chi connectivity index (χ3n) is 2.96. The SMILES string of the molecule is CCC(CC(C)C(=O)OC(C)(C)CN(C)C)C(=O)O. The molecule has 0 heterocycles. The van der Waals surface area contributed by atoms with Gasteiger partial charge in [0.2, 0.25) is 0 Å². The number of carbonyl (C=O) groups is 2. The number of carboxylic acid groups (broad SMARTS) is 1. The number of carboxylic acids is 1. The molecule has 0 aromatic carbocycles. The van der Waals surface area contributed by atoms with Crippen LogP contribution in [0.2, 0.25) is 0 Å². The Balaban J connectivity index is 4.45. The Morgan fingerprint density at radius 1 is 1.32 bits per heavy atom. The van der Waals surface area contributed by atoms with E-state index >= 15 is 0 Å². The normalized spacial score (nSPS) is 15.1. The Labute approximate surface area is 115 Å². The molecule has 1 N–H and O–H groups in total. The summed E-state index contributed by atoms with van der Waals surface area (Å²) in [5.74, 6) is -2.07. The monoisotopic (exact) mass is 273 g/mol. The highest BCUT2D eigenvalue weighted by Crippen LogP contribution is 2.20. The first-order chi connectivity index (χ1) is 8.59. The summed E-state index contributed by atoms with van der Waals surface area (Å²) in [6.07, 6.45) is 0.844. The standard InChI is InChI=1S/C14H27NO4/c1-7-11(12(16)17)8-10(2)13(18)19-14(3,4)9-15(5)6/h10-11H,7-9H2,1-6H3,(H,16,17). The van der Waals surface area contributed by atoms with Crippen molar-refractivity contribution >= 4 is 11.9 Å². The van der Waals surface area contributed by atoms with Crippen molar-refractivity contribution in [2.75, 3.05) is 20.6 Å². The van der Waals surface area contributed by atoms with E-state index < -0.39 is 23.4 Å². The number of rotatable bonds is 8. The fourth-order valence-electron chi connectivity index (χ4n) is 2.13. The van der Waals surface area contributed by atoms with Gasteiger partial charge in [0.05, 0.1) is 11.8 Å². The molecule has 2 atom stereocenters. The molecule has 0 fully saturated rings. The van der Waals surface area contributed by atoms with Crippen LogP contribution in [0.4, 0.5) is 0 Å². The van der Waals surface area contributed by atoms with Crippen LogP contribution in [-0.4, -0.2) is 48.2 Å². The van der Waals surface area contributed by atoms with Gasteiger partial charge in [-0.2, -0.15) is 0 Å². The second-order valence-corrected chi connectivity index (χ2v) is 6.00. The lowest BCUT2D eigenvalue weighted by Gasteiger charge is -2.29. The molecule has 0 aliphatic carbocycles.